The maximum Gasteiger partial charge on any atom is 0.277 e. The smallest absolute Gasteiger partial charge is 0.277 e. The zero-order chi connectivity index (χ0) is 19.9. The van der Waals surface area contributed by atoms with Gasteiger partial charge >= 0.3 is 0 Å². The van der Waals surface area contributed by atoms with Crippen molar-refractivity contribution in [1.29, 1.82) is 0 Å². The van der Waals surface area contributed by atoms with E-state index in [-0.39, 0.29) is 23.5 Å². The van der Waals surface area contributed by atoms with Crippen molar-refractivity contribution < 1.29 is 18.7 Å². The van der Waals surface area contributed by atoms with Gasteiger partial charge in [0.15, 0.2) is 6.61 Å². The van der Waals surface area contributed by atoms with Crippen LogP contribution >= 0.6 is 35.0 Å². The van der Waals surface area contributed by atoms with E-state index in [4.69, 9.17) is 37.1 Å². The van der Waals surface area contributed by atoms with Crippen LogP contribution in [0.25, 0.3) is 0 Å². The highest BCUT2D eigenvalue weighted by molar-refractivity contribution is 7.99. The van der Waals surface area contributed by atoms with Crippen LogP contribution in [0.3, 0.4) is 0 Å². The van der Waals surface area contributed by atoms with Gasteiger partial charge in [-0.25, -0.2) is 0 Å². The first-order valence-electron chi connectivity index (χ1n) is 8.01. The highest BCUT2D eigenvalue weighted by Gasteiger charge is 2.12. The van der Waals surface area contributed by atoms with Gasteiger partial charge in [0.1, 0.15) is 11.5 Å². The third-order valence-electron chi connectivity index (χ3n) is 3.42. The molecule has 0 unspecified atom stereocenters. The minimum atomic E-state index is -0.275. The number of aromatic nitrogens is 2. The third-order valence-corrected chi connectivity index (χ3v) is 5.06. The van der Waals surface area contributed by atoms with E-state index in [2.05, 4.69) is 15.5 Å². The van der Waals surface area contributed by atoms with Crippen LogP contribution in [0.2, 0.25) is 10.0 Å². The lowest BCUT2D eigenvalue weighted by molar-refractivity contribution is -0.113. The van der Waals surface area contributed by atoms with Crippen molar-refractivity contribution in [2.75, 3.05) is 18.2 Å². The van der Waals surface area contributed by atoms with Crippen molar-refractivity contribution in [1.82, 2.24) is 10.2 Å². The molecule has 0 saturated carbocycles. The molecule has 0 saturated heterocycles. The highest BCUT2D eigenvalue weighted by Crippen LogP contribution is 2.29. The third kappa shape index (κ3) is 5.54. The van der Waals surface area contributed by atoms with E-state index in [0.717, 1.165) is 17.5 Å². The predicted octanol–water partition coefficient (Wildman–Crippen LogP) is 4.69. The zero-order valence-corrected chi connectivity index (χ0v) is 17.0. The quantitative estimate of drug-likeness (QED) is 0.509. The topological polar surface area (TPSA) is 86.5 Å². The van der Waals surface area contributed by atoms with Crippen molar-refractivity contribution >= 4 is 46.6 Å². The largest absolute Gasteiger partial charge is 0.497 e. The number of hydrogen-bond donors (Lipinski definition) is 1. The molecule has 0 spiro atoms. The molecule has 1 heterocycles. The fraction of sp³-hybridized carbons (Fsp3) is 0.167. The molecule has 0 aliphatic rings. The summed E-state index contributed by atoms with van der Waals surface area (Å²) < 4.78 is 16.1. The highest BCUT2D eigenvalue weighted by atomic mass is 35.5. The molecule has 1 amide bonds. The average molecular weight is 440 g/mol. The second-order valence-corrected chi connectivity index (χ2v) is 7.08. The van der Waals surface area contributed by atoms with Gasteiger partial charge in [0, 0.05) is 0 Å². The molecular formula is C18H15Cl2N3O4S. The van der Waals surface area contributed by atoms with E-state index in [0.29, 0.717) is 27.4 Å². The summed E-state index contributed by atoms with van der Waals surface area (Å²) in [5.74, 6) is 1.48. The lowest BCUT2D eigenvalue weighted by Crippen LogP contribution is -2.14. The first-order chi connectivity index (χ1) is 13.5. The molecule has 0 atom stereocenters. The summed E-state index contributed by atoms with van der Waals surface area (Å²) in [6.45, 7) is 0.115. The van der Waals surface area contributed by atoms with Gasteiger partial charge in [0.05, 0.1) is 28.6 Å². The Morgan fingerprint density at radius 3 is 2.64 bits per heavy atom. The molecule has 146 valence electrons. The molecule has 0 aliphatic heterocycles. The minimum Gasteiger partial charge on any atom is -0.497 e. The monoisotopic (exact) mass is 439 g/mol. The van der Waals surface area contributed by atoms with Gasteiger partial charge in [0.25, 0.3) is 11.1 Å². The van der Waals surface area contributed by atoms with Gasteiger partial charge in [-0.1, -0.05) is 41.0 Å². The summed E-state index contributed by atoms with van der Waals surface area (Å²) >= 11 is 13.1. The van der Waals surface area contributed by atoms with Crippen LogP contribution in [0, 0.1) is 0 Å². The number of nitrogens with zero attached hydrogens (tertiary/aromatic N) is 2. The number of benzene rings is 2. The average Bonchev–Trinajstić information content (AvgIpc) is 3.17. The van der Waals surface area contributed by atoms with Gasteiger partial charge in [-0.2, -0.15) is 0 Å². The van der Waals surface area contributed by atoms with E-state index >= 15 is 0 Å². The molecule has 1 N–H and O–H groups in total. The van der Waals surface area contributed by atoms with E-state index < -0.39 is 0 Å². The number of nitrogens with one attached hydrogen (secondary N) is 1. The zero-order valence-electron chi connectivity index (χ0n) is 14.6. The molecule has 0 bridgehead atoms. The molecule has 7 nitrogen and oxygen atoms in total. The minimum absolute atomic E-state index is 0.0732. The van der Waals surface area contributed by atoms with Gasteiger partial charge in [0.2, 0.25) is 5.91 Å². The Morgan fingerprint density at radius 1 is 1.14 bits per heavy atom. The van der Waals surface area contributed by atoms with Gasteiger partial charge in [-0.3, -0.25) is 4.79 Å². The standard InChI is InChI=1S/C18H15Cl2N3O4S/c1-25-11-5-7-12(8-6-11)26-9-16-22-23-18(27-16)28-10-15(24)21-14-4-2-3-13(19)17(14)20/h2-8H,9-10H2,1H3,(H,21,24). The Balaban J connectivity index is 1.47. The number of amides is 1. The number of ether oxygens (including phenoxy) is 2. The lowest BCUT2D eigenvalue weighted by atomic mass is 10.3. The van der Waals surface area contributed by atoms with E-state index in [9.17, 15) is 4.79 Å². The van der Waals surface area contributed by atoms with Crippen LogP contribution in [-0.2, 0) is 11.4 Å². The summed E-state index contributed by atoms with van der Waals surface area (Å²) in [5, 5.41) is 11.4. The molecule has 10 heteroatoms. The molecule has 2 aromatic carbocycles. The number of anilines is 1. The Labute approximate surface area is 175 Å². The first kappa shape index (κ1) is 20.3. The number of methoxy groups -OCH3 is 1. The Hall–Kier alpha value is -2.42. The van der Waals surface area contributed by atoms with Crippen LogP contribution in [0.4, 0.5) is 5.69 Å². The predicted molar refractivity (Wildman–Crippen MR) is 107 cm³/mol. The van der Waals surface area contributed by atoms with Crippen molar-refractivity contribution in [3.63, 3.8) is 0 Å². The van der Waals surface area contributed by atoms with Gasteiger partial charge in [-0.15, -0.1) is 10.2 Å². The van der Waals surface area contributed by atoms with Crippen molar-refractivity contribution in [3.05, 3.63) is 58.4 Å². The van der Waals surface area contributed by atoms with Crippen molar-refractivity contribution in [2.24, 2.45) is 0 Å². The summed E-state index contributed by atoms with van der Waals surface area (Å²) in [6, 6.07) is 12.1. The lowest BCUT2D eigenvalue weighted by Gasteiger charge is -2.07. The fourth-order valence-corrected chi connectivity index (χ4v) is 3.01. The summed E-state index contributed by atoms with van der Waals surface area (Å²) in [5.41, 5.74) is 0.443. The molecule has 28 heavy (non-hydrogen) atoms. The number of halogens is 2. The molecule has 0 radical (unpaired) electrons. The number of carbonyl (C=O) groups excluding carboxylic acids is 1. The maximum absolute atomic E-state index is 12.1. The van der Waals surface area contributed by atoms with E-state index in [1.54, 1.807) is 49.6 Å². The molecule has 1 aromatic heterocycles. The second-order valence-electron chi connectivity index (χ2n) is 5.36. The number of hydrogen-bond acceptors (Lipinski definition) is 7. The van der Waals surface area contributed by atoms with Gasteiger partial charge < -0.3 is 19.2 Å². The molecule has 3 aromatic rings. The number of rotatable bonds is 8. The Morgan fingerprint density at radius 2 is 1.89 bits per heavy atom. The van der Waals surface area contributed by atoms with Gasteiger partial charge in [-0.05, 0) is 36.4 Å². The second kappa shape index (κ2) is 9.68. The van der Waals surface area contributed by atoms with Crippen LogP contribution in [0.1, 0.15) is 5.89 Å². The Bertz CT molecular complexity index is 950. The number of thioether (sulfide) groups is 1. The molecule has 3 rings (SSSR count). The summed E-state index contributed by atoms with van der Waals surface area (Å²) in [7, 11) is 1.59. The summed E-state index contributed by atoms with van der Waals surface area (Å²) in [6.07, 6.45) is 0. The summed E-state index contributed by atoms with van der Waals surface area (Å²) in [4.78, 5) is 12.1. The molecule has 0 aliphatic carbocycles. The number of carbonyl (C=O) groups is 1. The van der Waals surface area contributed by atoms with E-state index in [1.165, 1.54) is 0 Å². The van der Waals surface area contributed by atoms with Crippen LogP contribution < -0.4 is 14.8 Å². The van der Waals surface area contributed by atoms with E-state index in [1.807, 2.05) is 0 Å². The molecule has 0 fully saturated rings. The maximum atomic E-state index is 12.1. The SMILES string of the molecule is COc1ccc(OCc2nnc(SCC(=O)Nc3cccc(Cl)c3Cl)o2)cc1. The fourth-order valence-electron chi connectivity index (χ4n) is 2.09. The normalized spacial score (nSPS) is 10.5. The molecular weight excluding hydrogens is 425 g/mol. The first-order valence-corrected chi connectivity index (χ1v) is 9.75. The van der Waals surface area contributed by atoms with Crippen molar-refractivity contribution in [2.45, 2.75) is 11.8 Å². The van der Waals surface area contributed by atoms with Crippen LogP contribution in [0.5, 0.6) is 11.5 Å². The van der Waals surface area contributed by atoms with Crippen LogP contribution in [0.15, 0.2) is 52.1 Å². The Kier molecular flexibility index (Phi) is 7.02. The van der Waals surface area contributed by atoms with Crippen LogP contribution in [-0.4, -0.2) is 29.0 Å². The van der Waals surface area contributed by atoms with Crippen molar-refractivity contribution in [3.8, 4) is 11.5 Å².